The number of halogens is 3. The highest BCUT2D eigenvalue weighted by Crippen LogP contribution is 2.30. The number of anilines is 2. The zero-order chi connectivity index (χ0) is 28.1. The van der Waals surface area contributed by atoms with Crippen LogP contribution in [-0.4, -0.2) is 53.4 Å². The number of benzene rings is 2. The topological polar surface area (TPSA) is 88.5 Å². The van der Waals surface area contributed by atoms with Crippen molar-refractivity contribution in [3.63, 3.8) is 0 Å². The van der Waals surface area contributed by atoms with Gasteiger partial charge in [0.1, 0.15) is 12.4 Å². The number of aromatic nitrogens is 2. The number of nitrogens with zero attached hydrogens (tertiary/aromatic N) is 3. The molecule has 204 valence electrons. The van der Waals surface area contributed by atoms with E-state index in [1.807, 2.05) is 52.0 Å². The van der Waals surface area contributed by atoms with E-state index in [-0.39, 0.29) is 30.8 Å². The van der Waals surface area contributed by atoms with Crippen LogP contribution in [0.5, 0.6) is 0 Å². The number of ether oxygens (including phenoxy) is 1. The third-order valence-electron chi connectivity index (χ3n) is 5.64. The van der Waals surface area contributed by atoms with Gasteiger partial charge in [0, 0.05) is 30.8 Å². The highest BCUT2D eigenvalue weighted by molar-refractivity contribution is 5.96. The largest absolute Gasteiger partial charge is 0.416 e. The quantitative estimate of drug-likeness (QED) is 0.395. The molecule has 8 nitrogen and oxygen atoms in total. The number of alkyl halides is 3. The van der Waals surface area contributed by atoms with E-state index in [9.17, 15) is 22.8 Å². The second-order valence-electron chi connectivity index (χ2n) is 9.88. The molecule has 3 aromatic rings. The number of hydrogen-bond acceptors (Lipinski definition) is 4. The molecule has 0 saturated heterocycles. The highest BCUT2D eigenvalue weighted by Gasteiger charge is 2.30. The Morgan fingerprint density at radius 1 is 1.03 bits per heavy atom. The van der Waals surface area contributed by atoms with E-state index < -0.39 is 23.7 Å². The summed E-state index contributed by atoms with van der Waals surface area (Å²) in [6, 6.07) is 12.9. The molecular weight excluding hydrogens is 499 g/mol. The van der Waals surface area contributed by atoms with Crippen molar-refractivity contribution >= 4 is 23.4 Å². The fraction of sp³-hybridized carbons (Fsp3) is 0.370. The van der Waals surface area contributed by atoms with Crippen LogP contribution in [0.3, 0.4) is 0 Å². The Labute approximate surface area is 219 Å². The maximum absolute atomic E-state index is 13.1. The average molecular weight is 532 g/mol. The minimum Gasteiger partial charge on any atom is -0.383 e. The second-order valence-corrected chi connectivity index (χ2v) is 9.88. The summed E-state index contributed by atoms with van der Waals surface area (Å²) in [5.41, 5.74) is 1.63. The number of carbonyl (C=O) groups excluding carboxylic acids is 2. The smallest absolute Gasteiger partial charge is 0.383 e. The molecule has 3 rings (SSSR count). The van der Waals surface area contributed by atoms with Gasteiger partial charge in [0.05, 0.1) is 23.6 Å². The van der Waals surface area contributed by atoms with Crippen molar-refractivity contribution in [1.82, 2.24) is 14.7 Å². The third kappa shape index (κ3) is 7.58. The summed E-state index contributed by atoms with van der Waals surface area (Å²) >= 11 is 0. The van der Waals surface area contributed by atoms with Gasteiger partial charge in [-0.25, -0.2) is 9.48 Å². The number of hydrogen-bond donors (Lipinski definition) is 2. The van der Waals surface area contributed by atoms with Crippen LogP contribution in [-0.2, 0) is 21.1 Å². The van der Waals surface area contributed by atoms with Crippen LogP contribution in [0.1, 0.15) is 37.6 Å². The fourth-order valence-corrected chi connectivity index (χ4v) is 3.55. The molecule has 0 bridgehead atoms. The molecule has 3 amide bonds. The Morgan fingerprint density at radius 2 is 1.71 bits per heavy atom. The lowest BCUT2D eigenvalue weighted by Crippen LogP contribution is -2.42. The molecule has 0 aliphatic rings. The Balaban J connectivity index is 1.78. The Hall–Kier alpha value is -3.86. The SMILES string of the molecule is COCCN(CC(=O)Nc1cc(C(C)(C)C)nn1-c1cccc(C)c1)C(=O)Nc1ccc(C(F)(F)F)cc1. The summed E-state index contributed by atoms with van der Waals surface area (Å²) in [5.74, 6) is -0.0294. The molecule has 0 aliphatic heterocycles. The summed E-state index contributed by atoms with van der Waals surface area (Å²) < 4.78 is 45.2. The van der Waals surface area contributed by atoms with Crippen LogP contribution >= 0.6 is 0 Å². The minimum atomic E-state index is -4.48. The molecule has 2 N–H and O–H groups in total. The van der Waals surface area contributed by atoms with E-state index in [1.165, 1.54) is 12.0 Å². The molecule has 2 aromatic carbocycles. The lowest BCUT2D eigenvalue weighted by Gasteiger charge is -2.22. The van der Waals surface area contributed by atoms with E-state index in [0.29, 0.717) is 5.82 Å². The lowest BCUT2D eigenvalue weighted by atomic mass is 9.92. The van der Waals surface area contributed by atoms with Gasteiger partial charge >= 0.3 is 12.2 Å². The molecule has 1 aromatic heterocycles. The molecule has 0 radical (unpaired) electrons. The summed E-state index contributed by atoms with van der Waals surface area (Å²) in [6.45, 7) is 7.92. The Morgan fingerprint density at radius 3 is 2.29 bits per heavy atom. The number of urea groups is 1. The van der Waals surface area contributed by atoms with Crippen LogP contribution in [0.4, 0.5) is 29.5 Å². The molecule has 0 saturated carbocycles. The minimum absolute atomic E-state index is 0.0841. The average Bonchev–Trinajstić information content (AvgIpc) is 3.25. The van der Waals surface area contributed by atoms with Gasteiger partial charge in [-0.05, 0) is 48.9 Å². The van der Waals surface area contributed by atoms with Crippen LogP contribution < -0.4 is 10.6 Å². The van der Waals surface area contributed by atoms with E-state index in [2.05, 4.69) is 10.6 Å². The third-order valence-corrected chi connectivity index (χ3v) is 5.64. The number of amides is 3. The predicted octanol–water partition coefficient (Wildman–Crippen LogP) is 5.62. The van der Waals surface area contributed by atoms with Gasteiger partial charge in [0.15, 0.2) is 0 Å². The molecule has 0 aliphatic carbocycles. The first kappa shape index (κ1) is 28.7. The number of rotatable bonds is 8. The molecule has 0 spiro atoms. The molecular formula is C27H32F3N5O3. The summed E-state index contributed by atoms with van der Waals surface area (Å²) in [7, 11) is 1.46. The monoisotopic (exact) mass is 531 g/mol. The Kier molecular flexibility index (Phi) is 8.82. The van der Waals surface area contributed by atoms with Gasteiger partial charge in [0.2, 0.25) is 5.91 Å². The number of carbonyl (C=O) groups is 2. The van der Waals surface area contributed by atoms with Gasteiger partial charge in [-0.3, -0.25) is 4.79 Å². The fourth-order valence-electron chi connectivity index (χ4n) is 3.55. The zero-order valence-corrected chi connectivity index (χ0v) is 22.0. The molecule has 0 fully saturated rings. The standard InChI is InChI=1S/C27H32F3N5O3/c1-18-7-6-8-21(15-18)35-23(16-22(33-35)26(2,3)4)32-24(36)17-34(13-14-38-5)25(37)31-20-11-9-19(10-12-20)27(28,29)30/h6-12,15-16H,13-14,17H2,1-5H3,(H,31,37)(H,32,36). The van der Waals surface area contributed by atoms with E-state index >= 15 is 0 Å². The van der Waals surface area contributed by atoms with Crippen molar-refractivity contribution in [3.05, 3.63) is 71.4 Å². The zero-order valence-electron chi connectivity index (χ0n) is 22.0. The maximum atomic E-state index is 13.1. The van der Waals surface area contributed by atoms with Crippen LogP contribution in [0.25, 0.3) is 5.69 Å². The molecule has 0 atom stereocenters. The normalized spacial score (nSPS) is 11.8. The number of methoxy groups -OCH3 is 1. The van der Waals surface area contributed by atoms with Crippen molar-refractivity contribution in [2.75, 3.05) is 37.4 Å². The molecule has 0 unspecified atom stereocenters. The van der Waals surface area contributed by atoms with Gasteiger partial charge in [-0.2, -0.15) is 18.3 Å². The van der Waals surface area contributed by atoms with Crippen LogP contribution in [0.2, 0.25) is 0 Å². The van der Waals surface area contributed by atoms with Crippen molar-refractivity contribution < 1.29 is 27.5 Å². The highest BCUT2D eigenvalue weighted by atomic mass is 19.4. The van der Waals surface area contributed by atoms with Gasteiger partial charge in [0.25, 0.3) is 0 Å². The Bertz CT molecular complexity index is 1260. The van der Waals surface area contributed by atoms with E-state index in [4.69, 9.17) is 9.84 Å². The number of nitrogens with one attached hydrogen (secondary N) is 2. The van der Waals surface area contributed by atoms with E-state index in [1.54, 1.807) is 10.7 Å². The first-order chi connectivity index (χ1) is 17.8. The van der Waals surface area contributed by atoms with Gasteiger partial charge in [-0.15, -0.1) is 0 Å². The van der Waals surface area contributed by atoms with Crippen molar-refractivity contribution in [2.45, 2.75) is 39.3 Å². The second kappa shape index (κ2) is 11.7. The van der Waals surface area contributed by atoms with Crippen molar-refractivity contribution in [3.8, 4) is 5.69 Å². The van der Waals surface area contributed by atoms with Gasteiger partial charge < -0.3 is 20.3 Å². The van der Waals surface area contributed by atoms with Crippen LogP contribution in [0, 0.1) is 6.92 Å². The predicted molar refractivity (Wildman–Crippen MR) is 140 cm³/mol. The molecule has 11 heteroatoms. The first-order valence-electron chi connectivity index (χ1n) is 12.0. The molecule has 1 heterocycles. The lowest BCUT2D eigenvalue weighted by molar-refractivity contribution is -0.137. The van der Waals surface area contributed by atoms with Crippen molar-refractivity contribution in [2.24, 2.45) is 0 Å². The summed E-state index contributed by atoms with van der Waals surface area (Å²) in [5, 5.41) is 10.1. The van der Waals surface area contributed by atoms with Crippen LogP contribution in [0.15, 0.2) is 54.6 Å². The van der Waals surface area contributed by atoms with E-state index in [0.717, 1.165) is 41.2 Å². The summed E-state index contributed by atoms with van der Waals surface area (Å²) in [6.07, 6.45) is -4.48. The van der Waals surface area contributed by atoms with Crippen molar-refractivity contribution in [1.29, 1.82) is 0 Å². The maximum Gasteiger partial charge on any atom is 0.416 e. The summed E-state index contributed by atoms with van der Waals surface area (Å²) in [4.78, 5) is 27.2. The molecule has 38 heavy (non-hydrogen) atoms. The first-order valence-corrected chi connectivity index (χ1v) is 12.0. The van der Waals surface area contributed by atoms with Gasteiger partial charge in [-0.1, -0.05) is 32.9 Å². The number of aryl methyl sites for hydroxylation is 1.